The second-order valence-electron chi connectivity index (χ2n) is 6.09. The third kappa shape index (κ3) is 3.19. The average Bonchev–Trinajstić information content (AvgIpc) is 2.26. The fraction of sp³-hybridized carbons (Fsp3) is 0.923. The molecule has 0 radical (unpaired) electrons. The molecular weight excluding hydrogens is 218 g/mol. The number of fused-ring (bicyclic) bond motifs is 1. The lowest BCUT2D eigenvalue weighted by atomic mass is 9.85. The predicted molar refractivity (Wildman–Crippen MR) is 63.5 cm³/mol. The maximum atomic E-state index is 12.2. The van der Waals surface area contributed by atoms with Gasteiger partial charge in [0.15, 0.2) is 0 Å². The van der Waals surface area contributed by atoms with Crippen molar-refractivity contribution in [1.29, 1.82) is 0 Å². The predicted octanol–water partition coefficient (Wildman–Crippen LogP) is 0.459. The summed E-state index contributed by atoms with van der Waals surface area (Å²) in [6, 6.07) is 0.454. The lowest BCUT2D eigenvalue weighted by Crippen LogP contribution is -2.96. The summed E-state index contributed by atoms with van der Waals surface area (Å²) < 4.78 is 11.3. The van der Waals surface area contributed by atoms with E-state index in [0.29, 0.717) is 6.04 Å². The summed E-state index contributed by atoms with van der Waals surface area (Å²) in [5.74, 6) is -0.146. The lowest BCUT2D eigenvalue weighted by molar-refractivity contribution is -0.711. The van der Waals surface area contributed by atoms with Gasteiger partial charge in [0.2, 0.25) is 0 Å². The molecule has 98 valence electrons. The first kappa shape index (κ1) is 12.8. The number of ether oxygens (including phenoxy) is 2. The van der Waals surface area contributed by atoms with Gasteiger partial charge in [0.05, 0.1) is 12.5 Å². The molecular formula is C13H24NO3+. The van der Waals surface area contributed by atoms with E-state index in [1.165, 1.54) is 0 Å². The van der Waals surface area contributed by atoms with E-state index < -0.39 is 5.60 Å². The standard InChI is InChI=1S/C13H23NO3/c1-13(2,3)17-12(15)9-6-7-14-10-5-4-8-16-11(9)10/h9-11,14H,4-8H2,1-3H3/p+1. The van der Waals surface area contributed by atoms with Gasteiger partial charge in [-0.2, -0.15) is 0 Å². The number of carbonyl (C=O) groups is 1. The van der Waals surface area contributed by atoms with Crippen LogP contribution in [0.5, 0.6) is 0 Å². The summed E-state index contributed by atoms with van der Waals surface area (Å²) in [6.07, 6.45) is 3.20. The van der Waals surface area contributed by atoms with E-state index in [2.05, 4.69) is 5.32 Å². The smallest absolute Gasteiger partial charge is 0.312 e. The molecule has 17 heavy (non-hydrogen) atoms. The molecule has 2 aliphatic heterocycles. The van der Waals surface area contributed by atoms with Gasteiger partial charge in [0.1, 0.15) is 17.7 Å². The maximum absolute atomic E-state index is 12.2. The van der Waals surface area contributed by atoms with E-state index in [1.54, 1.807) is 0 Å². The molecule has 3 atom stereocenters. The van der Waals surface area contributed by atoms with Crippen molar-refractivity contribution in [3.8, 4) is 0 Å². The number of quaternary nitrogens is 1. The van der Waals surface area contributed by atoms with E-state index in [1.807, 2.05) is 20.8 Å². The van der Waals surface area contributed by atoms with Crippen molar-refractivity contribution in [3.63, 3.8) is 0 Å². The molecule has 2 N–H and O–H groups in total. The number of nitrogens with two attached hydrogens (primary N) is 1. The summed E-state index contributed by atoms with van der Waals surface area (Å²) in [5.41, 5.74) is -0.400. The Morgan fingerprint density at radius 2 is 2.12 bits per heavy atom. The highest BCUT2D eigenvalue weighted by Crippen LogP contribution is 2.26. The molecule has 2 saturated heterocycles. The monoisotopic (exact) mass is 242 g/mol. The fourth-order valence-electron chi connectivity index (χ4n) is 2.78. The molecule has 2 heterocycles. The highest BCUT2D eigenvalue weighted by atomic mass is 16.6. The Morgan fingerprint density at radius 3 is 2.82 bits per heavy atom. The molecule has 0 aromatic carbocycles. The van der Waals surface area contributed by atoms with Crippen LogP contribution < -0.4 is 5.32 Å². The molecule has 0 amide bonds. The Labute approximate surface area is 103 Å². The highest BCUT2D eigenvalue weighted by Gasteiger charge is 2.44. The molecule has 0 aromatic heterocycles. The fourth-order valence-corrected chi connectivity index (χ4v) is 2.78. The molecule has 0 aliphatic carbocycles. The number of hydrogen-bond acceptors (Lipinski definition) is 3. The SMILES string of the molecule is CC(C)(C)OC(=O)C1CC[NH2+]C2CCCOC21. The molecule has 2 rings (SSSR count). The zero-order chi connectivity index (χ0) is 12.5. The van der Waals surface area contributed by atoms with E-state index in [0.717, 1.165) is 32.4 Å². The Bertz CT molecular complexity index is 283. The Morgan fingerprint density at radius 1 is 1.35 bits per heavy atom. The Balaban J connectivity index is 2.01. The van der Waals surface area contributed by atoms with Gasteiger partial charge in [0.25, 0.3) is 0 Å². The number of hydrogen-bond donors (Lipinski definition) is 1. The summed E-state index contributed by atoms with van der Waals surface area (Å²) in [5, 5.41) is 2.32. The number of rotatable bonds is 1. The minimum Gasteiger partial charge on any atom is -0.460 e. The summed E-state index contributed by atoms with van der Waals surface area (Å²) >= 11 is 0. The minimum absolute atomic E-state index is 0.0624. The van der Waals surface area contributed by atoms with Crippen molar-refractivity contribution in [3.05, 3.63) is 0 Å². The van der Waals surface area contributed by atoms with Crippen LogP contribution in [-0.4, -0.2) is 36.9 Å². The number of esters is 1. The van der Waals surface area contributed by atoms with Gasteiger partial charge in [-0.05, 0) is 27.2 Å². The van der Waals surface area contributed by atoms with Crippen molar-refractivity contribution in [2.75, 3.05) is 13.2 Å². The molecule has 0 saturated carbocycles. The van der Waals surface area contributed by atoms with Crippen molar-refractivity contribution < 1.29 is 19.6 Å². The summed E-state index contributed by atoms with van der Waals surface area (Å²) in [4.78, 5) is 12.2. The highest BCUT2D eigenvalue weighted by molar-refractivity contribution is 5.73. The van der Waals surface area contributed by atoms with Gasteiger partial charge in [-0.25, -0.2) is 0 Å². The molecule has 2 aliphatic rings. The van der Waals surface area contributed by atoms with Crippen LogP contribution in [0, 0.1) is 5.92 Å². The largest absolute Gasteiger partial charge is 0.460 e. The van der Waals surface area contributed by atoms with Crippen LogP contribution in [0.25, 0.3) is 0 Å². The first-order chi connectivity index (χ1) is 7.97. The third-order valence-electron chi connectivity index (χ3n) is 3.47. The van der Waals surface area contributed by atoms with Gasteiger partial charge < -0.3 is 14.8 Å². The van der Waals surface area contributed by atoms with Crippen molar-refractivity contribution in [2.24, 2.45) is 5.92 Å². The maximum Gasteiger partial charge on any atom is 0.312 e. The molecule has 4 heteroatoms. The van der Waals surface area contributed by atoms with Crippen LogP contribution >= 0.6 is 0 Å². The Kier molecular flexibility index (Phi) is 3.73. The average molecular weight is 242 g/mol. The minimum atomic E-state index is -0.400. The Hall–Kier alpha value is -0.610. The molecule has 0 spiro atoms. The molecule has 2 fully saturated rings. The van der Waals surface area contributed by atoms with E-state index >= 15 is 0 Å². The number of carbonyl (C=O) groups excluding carboxylic acids is 1. The van der Waals surface area contributed by atoms with Crippen LogP contribution in [0.1, 0.15) is 40.0 Å². The first-order valence-electron chi connectivity index (χ1n) is 6.65. The zero-order valence-electron chi connectivity index (χ0n) is 11.1. The van der Waals surface area contributed by atoms with Crippen molar-refractivity contribution >= 4 is 5.97 Å². The second-order valence-corrected chi connectivity index (χ2v) is 6.09. The summed E-state index contributed by atoms with van der Waals surface area (Å²) in [6.45, 7) is 7.54. The normalized spacial score (nSPS) is 33.9. The van der Waals surface area contributed by atoms with Crippen LogP contribution in [0.4, 0.5) is 0 Å². The van der Waals surface area contributed by atoms with Crippen LogP contribution in [0.3, 0.4) is 0 Å². The van der Waals surface area contributed by atoms with Crippen LogP contribution in [0.2, 0.25) is 0 Å². The zero-order valence-corrected chi connectivity index (χ0v) is 11.1. The van der Waals surface area contributed by atoms with Crippen molar-refractivity contribution in [1.82, 2.24) is 0 Å². The van der Waals surface area contributed by atoms with Crippen LogP contribution in [-0.2, 0) is 14.3 Å². The van der Waals surface area contributed by atoms with E-state index in [9.17, 15) is 4.79 Å². The van der Waals surface area contributed by atoms with Gasteiger partial charge in [-0.15, -0.1) is 0 Å². The number of piperidine rings is 1. The van der Waals surface area contributed by atoms with Gasteiger partial charge in [0, 0.05) is 19.4 Å². The topological polar surface area (TPSA) is 52.1 Å². The van der Waals surface area contributed by atoms with Gasteiger partial charge in [-0.3, -0.25) is 4.79 Å². The summed E-state index contributed by atoms with van der Waals surface area (Å²) in [7, 11) is 0. The third-order valence-corrected chi connectivity index (χ3v) is 3.47. The van der Waals surface area contributed by atoms with Gasteiger partial charge >= 0.3 is 5.97 Å². The lowest BCUT2D eigenvalue weighted by Gasteiger charge is -2.38. The molecule has 4 nitrogen and oxygen atoms in total. The van der Waals surface area contributed by atoms with Gasteiger partial charge in [-0.1, -0.05) is 0 Å². The van der Waals surface area contributed by atoms with Crippen molar-refractivity contribution in [2.45, 2.75) is 57.8 Å². The molecule has 0 aromatic rings. The second kappa shape index (κ2) is 4.94. The molecule has 0 bridgehead atoms. The quantitative estimate of drug-likeness (QED) is 0.680. The first-order valence-corrected chi connectivity index (χ1v) is 6.65. The molecule has 3 unspecified atom stereocenters. The van der Waals surface area contributed by atoms with Crippen LogP contribution in [0.15, 0.2) is 0 Å². The van der Waals surface area contributed by atoms with E-state index in [-0.39, 0.29) is 18.0 Å². The van der Waals surface area contributed by atoms with E-state index in [4.69, 9.17) is 9.47 Å².